The van der Waals surface area contributed by atoms with Crippen LogP contribution < -0.4 is 15.8 Å². The van der Waals surface area contributed by atoms with E-state index in [1.165, 1.54) is 35.1 Å². The largest absolute Gasteiger partial charge is 0.357 e. The van der Waals surface area contributed by atoms with Gasteiger partial charge in [0.25, 0.3) is 11.5 Å². The lowest BCUT2D eigenvalue weighted by Gasteiger charge is -2.16. The maximum absolute atomic E-state index is 12.7. The summed E-state index contributed by atoms with van der Waals surface area (Å²) in [5.41, 5.74) is 1.16. The van der Waals surface area contributed by atoms with Gasteiger partial charge in [0.1, 0.15) is 10.6 Å². The van der Waals surface area contributed by atoms with E-state index < -0.39 is 0 Å². The van der Waals surface area contributed by atoms with Gasteiger partial charge in [-0.2, -0.15) is 0 Å². The normalized spacial score (nSPS) is 14.2. The molecule has 0 unspecified atom stereocenters. The van der Waals surface area contributed by atoms with Gasteiger partial charge < -0.3 is 14.8 Å². The van der Waals surface area contributed by atoms with Gasteiger partial charge in [-0.05, 0) is 37.5 Å². The van der Waals surface area contributed by atoms with Gasteiger partial charge in [-0.15, -0.1) is 11.3 Å². The van der Waals surface area contributed by atoms with Crippen molar-refractivity contribution in [2.75, 3.05) is 23.3 Å². The first-order valence-corrected chi connectivity index (χ1v) is 9.33. The fourth-order valence-electron chi connectivity index (χ4n) is 3.21. The van der Waals surface area contributed by atoms with Crippen molar-refractivity contribution in [1.29, 1.82) is 0 Å². The lowest BCUT2D eigenvalue weighted by atomic mass is 10.2. The van der Waals surface area contributed by atoms with Gasteiger partial charge in [-0.25, -0.2) is 9.97 Å². The van der Waals surface area contributed by atoms with E-state index in [0.717, 1.165) is 18.9 Å². The number of carbonyl (C=O) groups is 1. The molecular formula is C18H19N5O2S. The van der Waals surface area contributed by atoms with Crippen LogP contribution >= 0.6 is 11.3 Å². The average molecular weight is 369 g/mol. The fraction of sp³-hybridized carbons (Fsp3) is 0.333. The van der Waals surface area contributed by atoms with Crippen LogP contribution in [-0.2, 0) is 7.05 Å². The first-order valence-electron chi connectivity index (χ1n) is 8.51. The zero-order valence-corrected chi connectivity index (χ0v) is 15.5. The van der Waals surface area contributed by atoms with E-state index >= 15 is 0 Å². The lowest BCUT2D eigenvalue weighted by molar-refractivity contribution is 0.103. The van der Waals surface area contributed by atoms with Crippen LogP contribution in [-0.4, -0.2) is 33.5 Å². The second-order valence-corrected chi connectivity index (χ2v) is 7.45. The molecule has 0 spiro atoms. The summed E-state index contributed by atoms with van der Waals surface area (Å²) in [5, 5.41) is 3.37. The summed E-state index contributed by atoms with van der Waals surface area (Å²) in [6, 6.07) is 3.79. The highest BCUT2D eigenvalue weighted by atomic mass is 32.1. The topological polar surface area (TPSA) is 80.1 Å². The summed E-state index contributed by atoms with van der Waals surface area (Å²) in [6.45, 7) is 3.84. The van der Waals surface area contributed by atoms with Gasteiger partial charge >= 0.3 is 0 Å². The van der Waals surface area contributed by atoms with Crippen LogP contribution in [0.1, 0.15) is 28.1 Å². The van der Waals surface area contributed by atoms with Crippen LogP contribution in [0.25, 0.3) is 10.2 Å². The quantitative estimate of drug-likeness (QED) is 0.767. The number of hydrogen-bond donors (Lipinski definition) is 1. The van der Waals surface area contributed by atoms with Crippen molar-refractivity contribution in [3.8, 4) is 0 Å². The van der Waals surface area contributed by atoms with E-state index in [9.17, 15) is 9.59 Å². The van der Waals surface area contributed by atoms with Gasteiger partial charge in [0.05, 0.1) is 28.5 Å². The van der Waals surface area contributed by atoms with E-state index in [-0.39, 0.29) is 11.5 Å². The molecule has 0 aliphatic carbocycles. The van der Waals surface area contributed by atoms with Crippen molar-refractivity contribution in [1.82, 2.24) is 14.5 Å². The Bertz CT molecular complexity index is 1030. The average Bonchev–Trinajstić information content (AvgIpc) is 3.27. The van der Waals surface area contributed by atoms with E-state index in [0.29, 0.717) is 26.3 Å². The van der Waals surface area contributed by atoms with Crippen molar-refractivity contribution in [2.24, 2.45) is 7.05 Å². The Morgan fingerprint density at radius 2 is 2.00 bits per heavy atom. The van der Waals surface area contributed by atoms with Gasteiger partial charge in [-0.3, -0.25) is 9.59 Å². The molecule has 7 nitrogen and oxygen atoms in total. The van der Waals surface area contributed by atoms with E-state index in [4.69, 9.17) is 0 Å². The second kappa shape index (κ2) is 6.53. The molecule has 4 heterocycles. The maximum Gasteiger partial charge on any atom is 0.266 e. The molecule has 134 valence electrons. The third kappa shape index (κ3) is 2.86. The molecule has 0 aromatic carbocycles. The number of nitrogens with one attached hydrogen (secondary N) is 1. The van der Waals surface area contributed by atoms with Crippen molar-refractivity contribution in [3.05, 3.63) is 45.5 Å². The Morgan fingerprint density at radius 3 is 2.69 bits per heavy atom. The van der Waals surface area contributed by atoms with Gasteiger partial charge in [-0.1, -0.05) is 0 Å². The smallest absolute Gasteiger partial charge is 0.266 e. The molecule has 8 heteroatoms. The number of amides is 1. The van der Waals surface area contributed by atoms with Crippen LogP contribution in [0.15, 0.2) is 29.5 Å². The Kier molecular flexibility index (Phi) is 4.20. The van der Waals surface area contributed by atoms with Crippen molar-refractivity contribution in [3.63, 3.8) is 0 Å². The molecule has 1 N–H and O–H groups in total. The monoisotopic (exact) mass is 369 g/mol. The lowest BCUT2D eigenvalue weighted by Crippen LogP contribution is -2.19. The van der Waals surface area contributed by atoms with Gasteiger partial charge in [0.2, 0.25) is 0 Å². The predicted molar refractivity (Wildman–Crippen MR) is 103 cm³/mol. The Hall–Kier alpha value is -2.74. The number of anilines is 2. The van der Waals surface area contributed by atoms with Crippen molar-refractivity contribution >= 4 is 39.0 Å². The number of hydrogen-bond acceptors (Lipinski definition) is 6. The second-order valence-electron chi connectivity index (χ2n) is 6.45. The Balaban J connectivity index is 1.58. The molecule has 4 rings (SSSR count). The molecule has 1 saturated heterocycles. The minimum absolute atomic E-state index is 0.139. The highest BCUT2D eigenvalue weighted by molar-refractivity contribution is 7.20. The minimum Gasteiger partial charge on any atom is -0.357 e. The van der Waals surface area contributed by atoms with Crippen LogP contribution in [0.3, 0.4) is 0 Å². The summed E-state index contributed by atoms with van der Waals surface area (Å²) in [6.07, 6.45) is 5.53. The molecule has 1 amide bonds. The van der Waals surface area contributed by atoms with Crippen LogP contribution in [0.5, 0.6) is 0 Å². The highest BCUT2D eigenvalue weighted by Crippen LogP contribution is 2.27. The molecule has 3 aromatic heterocycles. The number of aromatic nitrogens is 3. The molecule has 0 saturated carbocycles. The third-order valence-corrected chi connectivity index (χ3v) is 5.85. The van der Waals surface area contributed by atoms with Crippen molar-refractivity contribution < 1.29 is 4.79 Å². The summed E-state index contributed by atoms with van der Waals surface area (Å²) < 4.78 is 1.42. The van der Waals surface area contributed by atoms with Gasteiger partial charge in [0.15, 0.2) is 0 Å². The number of aryl methyl sites for hydroxylation is 2. The molecule has 0 bridgehead atoms. The fourth-order valence-corrected chi connectivity index (χ4v) is 4.24. The van der Waals surface area contributed by atoms with Crippen molar-refractivity contribution in [2.45, 2.75) is 19.8 Å². The Morgan fingerprint density at radius 1 is 1.23 bits per heavy atom. The van der Waals surface area contributed by atoms with Gasteiger partial charge in [0, 0.05) is 20.1 Å². The summed E-state index contributed by atoms with van der Waals surface area (Å²) >= 11 is 1.23. The number of nitrogens with zero attached hydrogens (tertiary/aromatic N) is 4. The molecule has 0 atom stereocenters. The molecule has 1 fully saturated rings. The number of rotatable bonds is 3. The molecule has 1 aliphatic rings. The molecule has 1 aliphatic heterocycles. The minimum atomic E-state index is -0.247. The SMILES string of the molecule is Cc1c(C(=O)Nc2ccc(N3CCCC3)nc2)sc2ncn(C)c(=O)c12. The molecule has 0 radical (unpaired) electrons. The summed E-state index contributed by atoms with van der Waals surface area (Å²) in [5.74, 6) is 0.689. The highest BCUT2D eigenvalue weighted by Gasteiger charge is 2.19. The standard InChI is InChI=1S/C18H19N5O2S/c1-11-14-17(20-10-22(2)18(14)25)26-15(11)16(24)21-12-5-6-13(19-9-12)23-7-3-4-8-23/h5-6,9-10H,3-4,7-8H2,1-2H3,(H,21,24). The third-order valence-electron chi connectivity index (χ3n) is 4.65. The van der Waals surface area contributed by atoms with Crippen LogP contribution in [0.2, 0.25) is 0 Å². The summed E-state index contributed by atoms with van der Waals surface area (Å²) in [7, 11) is 1.65. The molecule has 3 aromatic rings. The zero-order chi connectivity index (χ0) is 18.3. The van der Waals surface area contributed by atoms with Crippen LogP contribution in [0.4, 0.5) is 11.5 Å². The van der Waals surface area contributed by atoms with E-state index in [2.05, 4.69) is 20.2 Å². The first-order chi connectivity index (χ1) is 12.5. The number of thiophene rings is 1. The number of pyridine rings is 1. The molecule has 26 heavy (non-hydrogen) atoms. The van der Waals surface area contributed by atoms with E-state index in [1.54, 1.807) is 20.2 Å². The first kappa shape index (κ1) is 16.7. The number of carbonyl (C=O) groups excluding carboxylic acids is 1. The molecular weight excluding hydrogens is 350 g/mol. The number of fused-ring (bicyclic) bond motifs is 1. The Labute approximate surface area is 154 Å². The maximum atomic E-state index is 12.7. The van der Waals surface area contributed by atoms with Crippen LogP contribution in [0, 0.1) is 6.92 Å². The zero-order valence-electron chi connectivity index (χ0n) is 14.7. The summed E-state index contributed by atoms with van der Waals surface area (Å²) in [4.78, 5) is 37.0. The predicted octanol–water partition coefficient (Wildman–Crippen LogP) is 2.55. The van der Waals surface area contributed by atoms with E-state index in [1.807, 2.05) is 12.1 Å².